The van der Waals surface area contributed by atoms with Crippen LogP contribution < -0.4 is 9.84 Å². The van der Waals surface area contributed by atoms with Gasteiger partial charge >= 0.3 is 0 Å². The second-order valence-corrected chi connectivity index (χ2v) is 8.50. The molecular weight excluding hydrogens is 364 g/mol. The molecule has 29 heavy (non-hydrogen) atoms. The summed E-state index contributed by atoms with van der Waals surface area (Å²) in [4.78, 5) is 0. The molecule has 6 heteroatoms. The number of ether oxygens (including phenoxy) is 1. The van der Waals surface area contributed by atoms with Crippen molar-refractivity contribution in [3.63, 3.8) is 0 Å². The molecular formula is C23H37N4O2-. The highest BCUT2D eigenvalue weighted by Crippen LogP contribution is 2.30. The fraction of sp³-hybridized carbons (Fsp3) is 0.696. The molecule has 0 bridgehead atoms. The van der Waals surface area contributed by atoms with E-state index in [1.54, 1.807) is 0 Å². The van der Waals surface area contributed by atoms with E-state index in [1.165, 1.54) is 24.8 Å². The minimum atomic E-state index is -0.0987. The monoisotopic (exact) mass is 401 g/mol. The van der Waals surface area contributed by atoms with Crippen molar-refractivity contribution in [2.24, 2.45) is 0 Å². The van der Waals surface area contributed by atoms with Gasteiger partial charge in [-0.3, -0.25) is 10.3 Å². The quantitative estimate of drug-likeness (QED) is 0.442. The van der Waals surface area contributed by atoms with Gasteiger partial charge < -0.3 is 14.9 Å². The molecule has 0 unspecified atom stereocenters. The molecule has 162 valence electrons. The molecule has 1 heterocycles. The Morgan fingerprint density at radius 1 is 1.00 bits per heavy atom. The zero-order valence-electron chi connectivity index (χ0n) is 18.6. The number of aryl methyl sites for hydroxylation is 2. The Balaban J connectivity index is 1.76. The van der Waals surface area contributed by atoms with Gasteiger partial charge in [-0.15, -0.1) is 0 Å². The maximum Gasteiger partial charge on any atom is 0.126 e. The first-order valence-electron chi connectivity index (χ1n) is 11.1. The Kier molecular flexibility index (Phi) is 9.42. The lowest BCUT2D eigenvalue weighted by Gasteiger charge is -2.24. The Hall–Kier alpha value is -2.11. The number of phenols is 1. The first kappa shape index (κ1) is 23.2. The predicted molar refractivity (Wildman–Crippen MR) is 115 cm³/mol. The predicted octanol–water partition coefficient (Wildman–Crippen LogP) is 5.14. The smallest absolute Gasteiger partial charge is 0.126 e. The highest BCUT2D eigenvalue weighted by atomic mass is 16.5. The molecule has 0 aliphatic carbocycles. The van der Waals surface area contributed by atoms with Crippen molar-refractivity contribution in [3.05, 3.63) is 29.1 Å². The van der Waals surface area contributed by atoms with Crippen LogP contribution in [0.15, 0.2) is 12.1 Å². The van der Waals surface area contributed by atoms with E-state index in [0.717, 1.165) is 56.3 Å². The highest BCUT2D eigenvalue weighted by molar-refractivity contribution is 5.46. The minimum absolute atomic E-state index is 0.0987. The van der Waals surface area contributed by atoms with Crippen LogP contribution >= 0.6 is 0 Å². The van der Waals surface area contributed by atoms with E-state index in [-0.39, 0.29) is 5.41 Å². The van der Waals surface area contributed by atoms with Gasteiger partial charge in [-0.2, -0.15) is 5.21 Å². The number of unbranched alkanes of at least 4 members (excludes halogenated alkanes) is 5. The zero-order valence-corrected chi connectivity index (χ0v) is 18.6. The van der Waals surface area contributed by atoms with Gasteiger partial charge in [-0.1, -0.05) is 59.8 Å². The van der Waals surface area contributed by atoms with Gasteiger partial charge in [0.25, 0.3) is 0 Å². The summed E-state index contributed by atoms with van der Waals surface area (Å²) in [5, 5.41) is 25.5. The van der Waals surface area contributed by atoms with Crippen molar-refractivity contribution in [2.75, 3.05) is 6.61 Å². The summed E-state index contributed by atoms with van der Waals surface area (Å²) in [6.07, 6.45) is 10.8. The standard InChI is InChI=1S/C23H37N4O2/c1-5-7-8-10-13-19-16-18(6-2)21(17-20(19)28)29-15-12-9-11-14-23(3,4)22-24-26-27-25-22/h16-17H,5-15H2,1-4H3,(H-,24,25,26,27,28)/q-1. The first-order valence-corrected chi connectivity index (χ1v) is 11.1. The van der Waals surface area contributed by atoms with Crippen molar-refractivity contribution >= 4 is 0 Å². The lowest BCUT2D eigenvalue weighted by atomic mass is 9.86. The van der Waals surface area contributed by atoms with E-state index in [9.17, 15) is 5.11 Å². The van der Waals surface area contributed by atoms with Crippen molar-refractivity contribution in [1.82, 2.24) is 20.6 Å². The number of phenolic OH excluding ortho intramolecular Hbond substituents is 1. The van der Waals surface area contributed by atoms with Crippen LogP contribution in [-0.4, -0.2) is 27.2 Å². The molecule has 1 N–H and O–H groups in total. The third kappa shape index (κ3) is 7.33. The number of aromatic hydroxyl groups is 1. The highest BCUT2D eigenvalue weighted by Gasteiger charge is 2.19. The van der Waals surface area contributed by atoms with Gasteiger partial charge in [0, 0.05) is 11.9 Å². The van der Waals surface area contributed by atoms with Gasteiger partial charge in [-0.25, -0.2) is 0 Å². The molecule has 0 saturated carbocycles. The first-order chi connectivity index (χ1) is 14.0. The molecule has 0 fully saturated rings. The summed E-state index contributed by atoms with van der Waals surface area (Å²) in [6, 6.07) is 3.94. The molecule has 0 saturated heterocycles. The van der Waals surface area contributed by atoms with E-state index in [0.29, 0.717) is 18.2 Å². The summed E-state index contributed by atoms with van der Waals surface area (Å²) in [7, 11) is 0. The number of benzene rings is 1. The van der Waals surface area contributed by atoms with Crippen LogP contribution in [-0.2, 0) is 18.3 Å². The van der Waals surface area contributed by atoms with Crippen LogP contribution in [0.3, 0.4) is 0 Å². The van der Waals surface area contributed by atoms with Crippen LogP contribution in [0, 0.1) is 0 Å². The summed E-state index contributed by atoms with van der Waals surface area (Å²) in [5.41, 5.74) is 2.13. The number of aromatic nitrogens is 4. The summed E-state index contributed by atoms with van der Waals surface area (Å²) >= 11 is 0. The van der Waals surface area contributed by atoms with Gasteiger partial charge in [0.1, 0.15) is 11.5 Å². The molecule has 0 radical (unpaired) electrons. The maximum absolute atomic E-state index is 10.4. The lowest BCUT2D eigenvalue weighted by Crippen LogP contribution is -2.20. The SMILES string of the molecule is CCCCCCc1cc(CC)c(OCCCCCC(C)(C)c2nnn[n-]2)cc1O. The number of hydrogen-bond donors (Lipinski definition) is 1. The van der Waals surface area contributed by atoms with Crippen molar-refractivity contribution in [1.29, 1.82) is 0 Å². The fourth-order valence-electron chi connectivity index (χ4n) is 3.57. The number of rotatable bonds is 14. The van der Waals surface area contributed by atoms with Gasteiger partial charge in [0.05, 0.1) is 6.61 Å². The summed E-state index contributed by atoms with van der Waals surface area (Å²) < 4.78 is 6.01. The second kappa shape index (κ2) is 11.8. The average Bonchev–Trinajstić information content (AvgIpc) is 3.25. The van der Waals surface area contributed by atoms with Crippen LogP contribution in [0.2, 0.25) is 0 Å². The van der Waals surface area contributed by atoms with Gasteiger partial charge in [-0.05, 0) is 54.7 Å². The molecule has 6 nitrogen and oxygen atoms in total. The zero-order chi connectivity index (χ0) is 21.1. The molecule has 2 rings (SSSR count). The van der Waals surface area contributed by atoms with Gasteiger partial charge in [0.2, 0.25) is 0 Å². The largest absolute Gasteiger partial charge is 0.508 e. The van der Waals surface area contributed by atoms with Crippen LogP contribution in [0.25, 0.3) is 0 Å². The number of tetrazole rings is 1. The molecule has 1 aromatic carbocycles. The van der Waals surface area contributed by atoms with E-state index >= 15 is 0 Å². The van der Waals surface area contributed by atoms with Crippen molar-refractivity contribution < 1.29 is 9.84 Å². The minimum Gasteiger partial charge on any atom is -0.508 e. The van der Waals surface area contributed by atoms with Crippen LogP contribution in [0.5, 0.6) is 11.5 Å². The molecule has 0 spiro atoms. The molecule has 1 aromatic heterocycles. The van der Waals surface area contributed by atoms with E-state index in [4.69, 9.17) is 4.74 Å². The third-order valence-electron chi connectivity index (χ3n) is 5.57. The molecule has 0 atom stereocenters. The van der Waals surface area contributed by atoms with Crippen LogP contribution in [0.4, 0.5) is 0 Å². The second-order valence-electron chi connectivity index (χ2n) is 8.50. The third-order valence-corrected chi connectivity index (χ3v) is 5.57. The number of hydrogen-bond acceptors (Lipinski definition) is 5. The maximum atomic E-state index is 10.4. The van der Waals surface area contributed by atoms with E-state index in [2.05, 4.69) is 54.4 Å². The molecule has 0 aliphatic rings. The Labute approximate surface area is 175 Å². The molecule has 0 aliphatic heterocycles. The fourth-order valence-corrected chi connectivity index (χ4v) is 3.57. The van der Waals surface area contributed by atoms with E-state index < -0.39 is 0 Å². The summed E-state index contributed by atoms with van der Waals surface area (Å²) in [5.74, 6) is 1.91. The number of nitrogens with zero attached hydrogens (tertiary/aromatic N) is 4. The average molecular weight is 402 g/mol. The van der Waals surface area contributed by atoms with Crippen LogP contribution in [0.1, 0.15) is 96.0 Å². The Morgan fingerprint density at radius 3 is 2.48 bits per heavy atom. The topological polar surface area (TPSA) is 82.2 Å². The Morgan fingerprint density at radius 2 is 1.79 bits per heavy atom. The summed E-state index contributed by atoms with van der Waals surface area (Å²) in [6.45, 7) is 9.27. The van der Waals surface area contributed by atoms with Crippen molar-refractivity contribution in [2.45, 2.75) is 97.3 Å². The van der Waals surface area contributed by atoms with E-state index in [1.807, 2.05) is 6.07 Å². The molecule has 0 amide bonds. The molecule has 2 aromatic rings. The lowest BCUT2D eigenvalue weighted by molar-refractivity contribution is 0.296. The Bertz CT molecular complexity index is 714. The normalized spacial score (nSPS) is 11.7. The van der Waals surface area contributed by atoms with Crippen molar-refractivity contribution in [3.8, 4) is 11.5 Å². The van der Waals surface area contributed by atoms with Gasteiger partial charge in [0.15, 0.2) is 0 Å².